The number of carbonyl (C=O) groups excluding carboxylic acids is 2. The molecule has 1 N–H and O–H groups in total. The van der Waals surface area contributed by atoms with E-state index in [1.54, 1.807) is 6.07 Å². The van der Waals surface area contributed by atoms with E-state index < -0.39 is 52.2 Å². The summed E-state index contributed by atoms with van der Waals surface area (Å²) in [6, 6.07) is 6.37. The van der Waals surface area contributed by atoms with Crippen LogP contribution in [0, 0.1) is 5.82 Å². The lowest BCUT2D eigenvalue weighted by atomic mass is 9.75. The first-order valence-electron chi connectivity index (χ1n) is 10.1. The van der Waals surface area contributed by atoms with E-state index in [9.17, 15) is 40.3 Å². The molecule has 0 saturated heterocycles. The van der Waals surface area contributed by atoms with E-state index in [0.29, 0.717) is 17.7 Å². The zero-order valence-electron chi connectivity index (χ0n) is 17.4. The zero-order valence-corrected chi connectivity index (χ0v) is 17.4. The Bertz CT molecular complexity index is 1020. The number of hydrogen-bond acceptors (Lipinski definition) is 2. The lowest BCUT2D eigenvalue weighted by Gasteiger charge is -2.39. The fourth-order valence-electron chi connectivity index (χ4n) is 3.95. The van der Waals surface area contributed by atoms with Crippen molar-refractivity contribution in [2.45, 2.75) is 56.4 Å². The van der Waals surface area contributed by atoms with Crippen LogP contribution in [-0.4, -0.2) is 11.7 Å². The molecule has 33 heavy (non-hydrogen) atoms. The number of halogens is 7. The van der Waals surface area contributed by atoms with Crippen LogP contribution in [0.5, 0.6) is 0 Å². The average molecular weight is 475 g/mol. The Kier molecular flexibility index (Phi) is 6.59. The van der Waals surface area contributed by atoms with Crippen molar-refractivity contribution in [3.05, 3.63) is 70.5 Å². The summed E-state index contributed by atoms with van der Waals surface area (Å²) in [4.78, 5) is 24.8. The lowest BCUT2D eigenvalue weighted by Crippen LogP contribution is -2.49. The van der Waals surface area contributed by atoms with Crippen molar-refractivity contribution in [3.63, 3.8) is 0 Å². The third-order valence-corrected chi connectivity index (χ3v) is 5.90. The molecule has 3 rings (SSSR count). The van der Waals surface area contributed by atoms with Crippen molar-refractivity contribution in [1.29, 1.82) is 0 Å². The summed E-state index contributed by atoms with van der Waals surface area (Å²) in [5, 5.41) is 2.69. The molecule has 1 saturated carbocycles. The van der Waals surface area contributed by atoms with Crippen LogP contribution in [0.2, 0.25) is 0 Å². The van der Waals surface area contributed by atoms with Crippen LogP contribution in [0.4, 0.5) is 30.7 Å². The molecule has 1 aliphatic rings. The fourth-order valence-corrected chi connectivity index (χ4v) is 3.95. The van der Waals surface area contributed by atoms with Gasteiger partial charge in [0.05, 0.1) is 22.6 Å². The largest absolute Gasteiger partial charge is 0.416 e. The highest BCUT2D eigenvalue weighted by molar-refractivity contribution is 5.85. The first-order chi connectivity index (χ1) is 15.2. The van der Waals surface area contributed by atoms with Crippen molar-refractivity contribution in [3.8, 4) is 0 Å². The summed E-state index contributed by atoms with van der Waals surface area (Å²) in [5.41, 5.74) is -4.30. The number of hydrogen-bond donors (Lipinski definition) is 1. The second-order valence-electron chi connectivity index (χ2n) is 8.18. The highest BCUT2D eigenvalue weighted by Gasteiger charge is 2.41. The number of alkyl halides is 6. The Balaban J connectivity index is 1.97. The summed E-state index contributed by atoms with van der Waals surface area (Å²) in [6.45, 7) is 1.19. The Morgan fingerprint density at radius 2 is 1.48 bits per heavy atom. The van der Waals surface area contributed by atoms with Gasteiger partial charge in [-0.05, 0) is 61.2 Å². The Labute approximate surface area is 185 Å². The molecule has 1 atom stereocenters. The van der Waals surface area contributed by atoms with Crippen molar-refractivity contribution in [2.24, 2.45) is 0 Å². The van der Waals surface area contributed by atoms with Crippen LogP contribution >= 0.6 is 0 Å². The van der Waals surface area contributed by atoms with Gasteiger partial charge in [-0.15, -0.1) is 0 Å². The Morgan fingerprint density at radius 1 is 0.939 bits per heavy atom. The van der Waals surface area contributed by atoms with Crippen LogP contribution in [0.25, 0.3) is 0 Å². The van der Waals surface area contributed by atoms with Crippen LogP contribution in [-0.2, 0) is 27.5 Å². The minimum atomic E-state index is -5.04. The number of rotatable bonds is 4. The van der Waals surface area contributed by atoms with Gasteiger partial charge in [0, 0.05) is 12.8 Å². The van der Waals surface area contributed by atoms with E-state index >= 15 is 0 Å². The maximum Gasteiger partial charge on any atom is 0.416 e. The van der Waals surface area contributed by atoms with Crippen LogP contribution in [0.15, 0.2) is 42.5 Å². The summed E-state index contributed by atoms with van der Waals surface area (Å²) in [7, 11) is 0. The number of nitrogens with one attached hydrogen (secondary N) is 1. The molecule has 0 unspecified atom stereocenters. The topological polar surface area (TPSA) is 46.2 Å². The quantitative estimate of drug-likeness (QED) is 0.542. The van der Waals surface area contributed by atoms with E-state index in [1.165, 1.54) is 25.1 Å². The Morgan fingerprint density at radius 3 is 1.97 bits per heavy atom. The molecule has 0 spiro atoms. The van der Waals surface area contributed by atoms with Gasteiger partial charge < -0.3 is 5.32 Å². The van der Waals surface area contributed by atoms with E-state index in [2.05, 4.69) is 5.32 Å². The summed E-state index contributed by atoms with van der Waals surface area (Å²) >= 11 is 0. The predicted octanol–water partition coefficient (Wildman–Crippen LogP) is 6.12. The van der Waals surface area contributed by atoms with Crippen LogP contribution < -0.4 is 5.32 Å². The standard InChI is InChI=1S/C23H20F7NO2/c1-13(14-9-16(22(25,26)27)11-17(10-14)23(28,29)30)20(33)31-21(7-5-19(32)6-8-21)15-3-2-4-18(24)12-15/h2-4,9-13H,5-8H2,1H3,(H,31,33)/t13-/m0/s1. The fraction of sp³-hybridized carbons (Fsp3) is 0.391. The van der Waals surface area contributed by atoms with Crippen molar-refractivity contribution < 1.29 is 40.3 Å². The first kappa shape index (κ1) is 24.7. The molecule has 1 aliphatic carbocycles. The van der Waals surface area contributed by atoms with E-state index in [4.69, 9.17) is 0 Å². The molecule has 0 bridgehead atoms. The normalized spacial score (nSPS) is 17.5. The highest BCUT2D eigenvalue weighted by atomic mass is 19.4. The molecule has 1 fully saturated rings. The van der Waals surface area contributed by atoms with E-state index in [1.807, 2.05) is 0 Å². The molecule has 0 radical (unpaired) electrons. The number of ketones is 1. The molecule has 2 aromatic carbocycles. The first-order valence-corrected chi connectivity index (χ1v) is 10.1. The molecule has 10 heteroatoms. The third kappa shape index (κ3) is 5.54. The molecule has 3 nitrogen and oxygen atoms in total. The zero-order chi connectivity index (χ0) is 24.6. The van der Waals surface area contributed by atoms with Crippen molar-refractivity contribution >= 4 is 11.7 Å². The highest BCUT2D eigenvalue weighted by Crippen LogP contribution is 2.39. The number of benzene rings is 2. The van der Waals surface area contributed by atoms with Crippen LogP contribution in [0.1, 0.15) is 60.8 Å². The smallest absolute Gasteiger partial charge is 0.346 e. The second-order valence-corrected chi connectivity index (χ2v) is 8.18. The van der Waals surface area contributed by atoms with Gasteiger partial charge in [-0.25, -0.2) is 4.39 Å². The maximum absolute atomic E-state index is 13.8. The van der Waals surface area contributed by atoms with Gasteiger partial charge in [0.15, 0.2) is 0 Å². The van der Waals surface area contributed by atoms with Gasteiger partial charge in [-0.1, -0.05) is 12.1 Å². The summed E-state index contributed by atoms with van der Waals surface area (Å²) < 4.78 is 93.0. The number of amides is 1. The number of carbonyl (C=O) groups is 2. The number of Topliss-reactive ketones (excluding diaryl/α,β-unsaturated/α-hetero) is 1. The summed E-state index contributed by atoms with van der Waals surface area (Å²) in [5.74, 6) is -2.85. The molecule has 0 aromatic heterocycles. The van der Waals surface area contributed by atoms with Gasteiger partial charge in [-0.2, -0.15) is 26.3 Å². The summed E-state index contributed by atoms with van der Waals surface area (Å²) in [6.07, 6.45) is -9.65. The molecule has 0 heterocycles. The van der Waals surface area contributed by atoms with Gasteiger partial charge in [0.2, 0.25) is 5.91 Å². The lowest BCUT2D eigenvalue weighted by molar-refractivity contribution is -0.143. The van der Waals surface area contributed by atoms with Gasteiger partial charge in [0.25, 0.3) is 0 Å². The molecule has 1 amide bonds. The van der Waals surface area contributed by atoms with Crippen LogP contribution in [0.3, 0.4) is 0 Å². The maximum atomic E-state index is 13.8. The third-order valence-electron chi connectivity index (χ3n) is 5.90. The van der Waals surface area contributed by atoms with Gasteiger partial charge in [0.1, 0.15) is 11.6 Å². The molecular weight excluding hydrogens is 455 g/mol. The molecule has 0 aliphatic heterocycles. The van der Waals surface area contributed by atoms with Crippen molar-refractivity contribution in [1.82, 2.24) is 5.32 Å². The predicted molar refractivity (Wildman–Crippen MR) is 105 cm³/mol. The molecule has 2 aromatic rings. The molecular formula is C23H20F7NO2. The van der Waals surface area contributed by atoms with Gasteiger partial charge in [-0.3, -0.25) is 9.59 Å². The SMILES string of the molecule is C[C@H](C(=O)NC1(c2cccc(F)c2)CCC(=O)CC1)c1cc(C(F)(F)F)cc(C(F)(F)F)c1. The van der Waals surface area contributed by atoms with E-state index in [0.717, 1.165) is 0 Å². The second kappa shape index (κ2) is 8.79. The van der Waals surface area contributed by atoms with Crippen molar-refractivity contribution in [2.75, 3.05) is 0 Å². The molecule has 178 valence electrons. The van der Waals surface area contributed by atoms with Gasteiger partial charge >= 0.3 is 12.4 Å². The Hall–Kier alpha value is -2.91. The minimum absolute atomic E-state index is 0.00485. The average Bonchev–Trinajstić information content (AvgIpc) is 2.73. The monoisotopic (exact) mass is 475 g/mol. The van der Waals surface area contributed by atoms with E-state index in [-0.39, 0.29) is 37.5 Å². The minimum Gasteiger partial charge on any atom is -0.346 e.